The Bertz CT molecular complexity index is 667. The minimum Gasteiger partial charge on any atom is -0.474 e. The van der Waals surface area contributed by atoms with Crippen molar-refractivity contribution in [2.75, 3.05) is 20.2 Å². The van der Waals surface area contributed by atoms with Gasteiger partial charge in [0.1, 0.15) is 6.10 Å². The second-order valence-corrected chi connectivity index (χ2v) is 6.83. The molecule has 2 fully saturated rings. The Labute approximate surface area is 146 Å². The standard InChI is InChI=1S/C17H24N6O2/c1-24-17-7-5-13(25-16-4-2-3-9-18-16)12-14(17)23(11-8-17)10-6-15-19-21-22-20-15/h2-4,9,13-14H,5-8,10-12H2,1H3,(H,19,20,21,22)/t13-,14-,17+/m0/s1. The minimum absolute atomic E-state index is 0.0543. The molecule has 2 aliphatic rings. The van der Waals surface area contributed by atoms with Gasteiger partial charge in [0.05, 0.1) is 5.60 Å². The van der Waals surface area contributed by atoms with Gasteiger partial charge in [-0.3, -0.25) is 4.90 Å². The maximum Gasteiger partial charge on any atom is 0.213 e. The van der Waals surface area contributed by atoms with Gasteiger partial charge in [-0.2, -0.15) is 5.21 Å². The lowest BCUT2D eigenvalue weighted by atomic mass is 9.79. The maximum absolute atomic E-state index is 6.12. The number of aromatic amines is 1. The van der Waals surface area contributed by atoms with Crippen molar-refractivity contribution in [2.24, 2.45) is 0 Å². The monoisotopic (exact) mass is 344 g/mol. The van der Waals surface area contributed by atoms with Gasteiger partial charge in [0.2, 0.25) is 5.88 Å². The zero-order valence-electron chi connectivity index (χ0n) is 14.5. The van der Waals surface area contributed by atoms with E-state index in [2.05, 4.69) is 30.5 Å². The molecule has 0 unspecified atom stereocenters. The number of tetrazole rings is 1. The number of ether oxygens (including phenoxy) is 2. The van der Waals surface area contributed by atoms with Crippen LogP contribution in [0.3, 0.4) is 0 Å². The lowest BCUT2D eigenvalue weighted by Crippen LogP contribution is -2.52. The lowest BCUT2D eigenvalue weighted by molar-refractivity contribution is -0.0830. The van der Waals surface area contributed by atoms with Gasteiger partial charge in [-0.05, 0) is 25.3 Å². The average molecular weight is 344 g/mol. The summed E-state index contributed by atoms with van der Waals surface area (Å²) in [6.07, 6.45) is 6.77. The molecule has 8 heteroatoms. The molecule has 1 N–H and O–H groups in total. The first-order chi connectivity index (χ1) is 12.3. The molecule has 1 saturated carbocycles. The van der Waals surface area contributed by atoms with Crippen molar-refractivity contribution in [3.8, 4) is 5.88 Å². The fourth-order valence-electron chi connectivity index (χ4n) is 4.25. The zero-order chi connectivity index (χ0) is 17.1. The van der Waals surface area contributed by atoms with Crippen LogP contribution in [0, 0.1) is 0 Å². The number of hydrogen-bond acceptors (Lipinski definition) is 7. The third-order valence-electron chi connectivity index (χ3n) is 5.59. The van der Waals surface area contributed by atoms with Crippen LogP contribution in [0.15, 0.2) is 24.4 Å². The summed E-state index contributed by atoms with van der Waals surface area (Å²) in [7, 11) is 1.84. The van der Waals surface area contributed by atoms with E-state index in [-0.39, 0.29) is 11.7 Å². The first-order valence-corrected chi connectivity index (χ1v) is 8.88. The van der Waals surface area contributed by atoms with Crippen LogP contribution >= 0.6 is 0 Å². The Morgan fingerprint density at radius 2 is 2.32 bits per heavy atom. The minimum atomic E-state index is -0.0543. The molecular formula is C17H24N6O2. The highest BCUT2D eigenvalue weighted by Gasteiger charge is 2.51. The number of hydrogen-bond donors (Lipinski definition) is 1. The predicted octanol–water partition coefficient (Wildman–Crippen LogP) is 1.23. The van der Waals surface area contributed by atoms with E-state index in [1.807, 2.05) is 25.3 Å². The normalized spacial score (nSPS) is 29.5. The van der Waals surface area contributed by atoms with E-state index >= 15 is 0 Å². The average Bonchev–Trinajstić information content (AvgIpc) is 3.29. The molecule has 1 aliphatic heterocycles. The topological polar surface area (TPSA) is 89.0 Å². The summed E-state index contributed by atoms with van der Waals surface area (Å²) >= 11 is 0. The summed E-state index contributed by atoms with van der Waals surface area (Å²) in [6, 6.07) is 6.13. The highest BCUT2D eigenvalue weighted by molar-refractivity contribution is 5.12. The quantitative estimate of drug-likeness (QED) is 0.843. The van der Waals surface area contributed by atoms with Gasteiger partial charge in [-0.15, -0.1) is 10.2 Å². The molecule has 0 radical (unpaired) electrons. The van der Waals surface area contributed by atoms with Crippen molar-refractivity contribution < 1.29 is 9.47 Å². The first kappa shape index (κ1) is 16.4. The molecule has 8 nitrogen and oxygen atoms in total. The molecule has 0 spiro atoms. The Hall–Kier alpha value is -2.06. The Morgan fingerprint density at radius 1 is 1.36 bits per heavy atom. The van der Waals surface area contributed by atoms with E-state index in [9.17, 15) is 0 Å². The second-order valence-electron chi connectivity index (χ2n) is 6.83. The Kier molecular flexibility index (Phi) is 4.63. The number of nitrogens with zero attached hydrogens (tertiary/aromatic N) is 5. The molecule has 0 aromatic carbocycles. The fraction of sp³-hybridized carbons (Fsp3) is 0.647. The number of methoxy groups -OCH3 is 1. The van der Waals surface area contributed by atoms with Crippen LogP contribution in [-0.4, -0.2) is 68.5 Å². The lowest BCUT2D eigenvalue weighted by Gasteiger charge is -2.43. The van der Waals surface area contributed by atoms with E-state index in [1.165, 1.54) is 0 Å². The molecular weight excluding hydrogens is 320 g/mol. The van der Waals surface area contributed by atoms with Gasteiger partial charge in [0, 0.05) is 51.3 Å². The number of pyridine rings is 1. The molecule has 25 heavy (non-hydrogen) atoms. The largest absolute Gasteiger partial charge is 0.474 e. The van der Waals surface area contributed by atoms with E-state index < -0.39 is 0 Å². The Morgan fingerprint density at radius 3 is 3.08 bits per heavy atom. The predicted molar refractivity (Wildman–Crippen MR) is 90.1 cm³/mol. The number of H-pyrrole nitrogens is 1. The number of aromatic nitrogens is 5. The molecule has 2 aromatic heterocycles. The Balaban J connectivity index is 1.42. The van der Waals surface area contributed by atoms with Crippen molar-refractivity contribution in [1.29, 1.82) is 0 Å². The SMILES string of the molecule is CO[C@@]12CC[C@H](Oc3ccccn3)C[C@@H]1N(CCc1nn[nH]n1)CC2. The highest BCUT2D eigenvalue weighted by Crippen LogP contribution is 2.43. The van der Waals surface area contributed by atoms with Crippen molar-refractivity contribution in [3.05, 3.63) is 30.2 Å². The molecule has 3 heterocycles. The molecule has 1 saturated heterocycles. The van der Waals surface area contributed by atoms with E-state index in [0.717, 1.165) is 51.0 Å². The van der Waals surface area contributed by atoms with Crippen molar-refractivity contribution in [1.82, 2.24) is 30.5 Å². The summed E-state index contributed by atoms with van der Waals surface area (Å²) in [5.41, 5.74) is -0.0543. The fourth-order valence-corrected chi connectivity index (χ4v) is 4.25. The highest BCUT2D eigenvalue weighted by atomic mass is 16.5. The molecule has 0 amide bonds. The van der Waals surface area contributed by atoms with Crippen LogP contribution in [0.5, 0.6) is 5.88 Å². The summed E-state index contributed by atoms with van der Waals surface area (Å²) < 4.78 is 12.1. The molecule has 2 aromatic rings. The van der Waals surface area contributed by atoms with E-state index in [1.54, 1.807) is 6.20 Å². The number of fused-ring (bicyclic) bond motifs is 1. The van der Waals surface area contributed by atoms with Gasteiger partial charge in [0.25, 0.3) is 0 Å². The first-order valence-electron chi connectivity index (χ1n) is 8.88. The van der Waals surface area contributed by atoms with Crippen LogP contribution in [0.25, 0.3) is 0 Å². The van der Waals surface area contributed by atoms with Crippen LogP contribution < -0.4 is 4.74 Å². The van der Waals surface area contributed by atoms with E-state index in [4.69, 9.17) is 9.47 Å². The molecule has 0 bridgehead atoms. The summed E-state index contributed by atoms with van der Waals surface area (Å²) in [4.78, 5) is 6.78. The number of likely N-dealkylation sites (tertiary alicyclic amines) is 1. The molecule has 134 valence electrons. The van der Waals surface area contributed by atoms with Crippen LogP contribution in [-0.2, 0) is 11.2 Å². The van der Waals surface area contributed by atoms with E-state index in [0.29, 0.717) is 11.9 Å². The van der Waals surface area contributed by atoms with Gasteiger partial charge >= 0.3 is 0 Å². The van der Waals surface area contributed by atoms with Gasteiger partial charge < -0.3 is 9.47 Å². The summed E-state index contributed by atoms with van der Waals surface area (Å²) in [5.74, 6) is 1.46. The van der Waals surface area contributed by atoms with Gasteiger partial charge in [0.15, 0.2) is 5.82 Å². The number of nitrogens with one attached hydrogen (secondary N) is 1. The third-order valence-corrected chi connectivity index (χ3v) is 5.59. The molecule has 1 aliphatic carbocycles. The van der Waals surface area contributed by atoms with Gasteiger partial charge in [-0.1, -0.05) is 11.3 Å². The van der Waals surface area contributed by atoms with Gasteiger partial charge in [-0.25, -0.2) is 4.98 Å². The molecule has 4 rings (SSSR count). The zero-order valence-corrected chi connectivity index (χ0v) is 14.5. The van der Waals surface area contributed by atoms with Crippen LogP contribution in [0.1, 0.15) is 31.5 Å². The van der Waals surface area contributed by atoms with Crippen molar-refractivity contribution in [2.45, 2.75) is 49.9 Å². The maximum atomic E-state index is 6.12. The van der Waals surface area contributed by atoms with Crippen LogP contribution in [0.4, 0.5) is 0 Å². The van der Waals surface area contributed by atoms with Crippen molar-refractivity contribution in [3.63, 3.8) is 0 Å². The summed E-state index contributed by atoms with van der Waals surface area (Å²) in [6.45, 7) is 1.94. The third kappa shape index (κ3) is 3.36. The smallest absolute Gasteiger partial charge is 0.213 e. The van der Waals surface area contributed by atoms with Crippen molar-refractivity contribution >= 4 is 0 Å². The number of rotatable bonds is 6. The molecule has 3 atom stereocenters. The summed E-state index contributed by atoms with van der Waals surface area (Å²) in [5, 5.41) is 14.2. The van der Waals surface area contributed by atoms with Crippen LogP contribution in [0.2, 0.25) is 0 Å². The second kappa shape index (κ2) is 7.05.